The number of fused-ring (bicyclic) bond motifs is 1. The van der Waals surface area contributed by atoms with E-state index in [2.05, 4.69) is 15.3 Å². The molecule has 0 unspecified atom stereocenters. The number of carbonyl (C=O) groups is 2. The normalized spacial score (nSPS) is 12.8. The summed E-state index contributed by atoms with van der Waals surface area (Å²) in [6, 6.07) is 4.81. The van der Waals surface area contributed by atoms with Crippen LogP contribution in [0.3, 0.4) is 0 Å². The van der Waals surface area contributed by atoms with E-state index < -0.39 is 0 Å². The van der Waals surface area contributed by atoms with Crippen molar-refractivity contribution in [1.82, 2.24) is 0 Å². The SMILES string of the molecule is [N-]=[N+]=NCCC(=O)c1ccc2c(c1)NC(=O)CO2. The summed E-state index contributed by atoms with van der Waals surface area (Å²) >= 11 is 0. The Morgan fingerprint density at radius 2 is 2.39 bits per heavy atom. The summed E-state index contributed by atoms with van der Waals surface area (Å²) in [6.07, 6.45) is 0.137. The van der Waals surface area contributed by atoms with Gasteiger partial charge >= 0.3 is 0 Å². The molecule has 1 aromatic rings. The van der Waals surface area contributed by atoms with Gasteiger partial charge in [0.1, 0.15) is 5.75 Å². The summed E-state index contributed by atoms with van der Waals surface area (Å²) in [5, 5.41) is 5.93. The Balaban J connectivity index is 2.15. The van der Waals surface area contributed by atoms with E-state index in [9.17, 15) is 9.59 Å². The Bertz CT molecular complexity index is 549. The highest BCUT2D eigenvalue weighted by atomic mass is 16.5. The highest BCUT2D eigenvalue weighted by Crippen LogP contribution is 2.28. The van der Waals surface area contributed by atoms with E-state index in [1.807, 2.05) is 0 Å². The van der Waals surface area contributed by atoms with Crippen LogP contribution in [0.4, 0.5) is 5.69 Å². The molecule has 1 aromatic carbocycles. The van der Waals surface area contributed by atoms with E-state index in [0.29, 0.717) is 17.0 Å². The van der Waals surface area contributed by atoms with Crippen molar-refractivity contribution in [3.8, 4) is 5.75 Å². The van der Waals surface area contributed by atoms with Gasteiger partial charge in [-0.25, -0.2) is 0 Å². The second-order valence-corrected chi connectivity index (χ2v) is 3.68. The Morgan fingerprint density at radius 3 is 3.17 bits per heavy atom. The zero-order chi connectivity index (χ0) is 13.0. The fraction of sp³-hybridized carbons (Fsp3) is 0.273. The Kier molecular flexibility index (Phi) is 3.45. The minimum absolute atomic E-state index is 0.0167. The number of anilines is 1. The monoisotopic (exact) mass is 246 g/mol. The number of nitrogens with one attached hydrogen (secondary N) is 1. The number of nitrogens with zero attached hydrogens (tertiary/aromatic N) is 3. The molecule has 18 heavy (non-hydrogen) atoms. The van der Waals surface area contributed by atoms with Crippen molar-refractivity contribution in [3.63, 3.8) is 0 Å². The molecule has 2 rings (SSSR count). The molecule has 7 nitrogen and oxygen atoms in total. The molecular weight excluding hydrogens is 236 g/mol. The maximum absolute atomic E-state index is 11.7. The Hall–Kier alpha value is -2.53. The Morgan fingerprint density at radius 1 is 1.56 bits per heavy atom. The van der Waals surface area contributed by atoms with Crippen LogP contribution in [-0.2, 0) is 4.79 Å². The summed E-state index contributed by atoms with van der Waals surface area (Å²) < 4.78 is 5.18. The number of benzene rings is 1. The van der Waals surface area contributed by atoms with Crippen molar-refractivity contribution in [3.05, 3.63) is 34.2 Å². The summed E-state index contributed by atoms with van der Waals surface area (Å²) in [4.78, 5) is 25.5. The van der Waals surface area contributed by atoms with Crippen LogP contribution in [-0.4, -0.2) is 24.8 Å². The van der Waals surface area contributed by atoms with Crippen LogP contribution < -0.4 is 10.1 Å². The molecule has 0 radical (unpaired) electrons. The second kappa shape index (κ2) is 5.20. The quantitative estimate of drug-likeness (QED) is 0.379. The van der Waals surface area contributed by atoms with Crippen LogP contribution in [0.15, 0.2) is 23.3 Å². The summed E-state index contributed by atoms with van der Waals surface area (Å²) in [5.74, 6) is 0.146. The van der Waals surface area contributed by atoms with Crippen LogP contribution >= 0.6 is 0 Å². The average Bonchev–Trinajstić information content (AvgIpc) is 2.38. The van der Waals surface area contributed by atoms with E-state index >= 15 is 0 Å². The van der Waals surface area contributed by atoms with Crippen LogP contribution in [0, 0.1) is 0 Å². The summed E-state index contributed by atoms with van der Waals surface area (Å²) in [6.45, 7) is 0.104. The van der Waals surface area contributed by atoms with Crippen molar-refractivity contribution < 1.29 is 14.3 Å². The smallest absolute Gasteiger partial charge is 0.262 e. The first-order valence-corrected chi connectivity index (χ1v) is 5.31. The van der Waals surface area contributed by atoms with Gasteiger partial charge in [-0.3, -0.25) is 9.59 Å². The lowest BCUT2D eigenvalue weighted by Crippen LogP contribution is -2.25. The number of ether oxygens (including phenoxy) is 1. The van der Waals surface area contributed by atoms with Gasteiger partial charge in [0.05, 0.1) is 5.69 Å². The molecule has 0 fully saturated rings. The number of rotatable bonds is 4. The molecule has 1 aliphatic rings. The van der Waals surface area contributed by atoms with Crippen molar-refractivity contribution in [1.29, 1.82) is 0 Å². The minimum Gasteiger partial charge on any atom is -0.482 e. The van der Waals surface area contributed by atoms with Gasteiger partial charge in [-0.05, 0) is 23.7 Å². The number of amides is 1. The topological polar surface area (TPSA) is 104 Å². The molecule has 1 N–H and O–H groups in total. The molecule has 92 valence electrons. The van der Waals surface area contributed by atoms with Crippen molar-refractivity contribution in [2.24, 2.45) is 5.11 Å². The van der Waals surface area contributed by atoms with Gasteiger partial charge in [0.25, 0.3) is 5.91 Å². The number of hydrogen-bond donors (Lipinski definition) is 1. The van der Waals surface area contributed by atoms with Crippen molar-refractivity contribution in [2.75, 3.05) is 18.5 Å². The molecule has 0 saturated heterocycles. The maximum atomic E-state index is 11.7. The highest BCUT2D eigenvalue weighted by Gasteiger charge is 2.17. The standard InChI is InChI=1S/C11H10N4O3/c12-15-13-4-3-9(16)7-1-2-10-8(5-7)14-11(17)6-18-10/h1-2,5H,3-4,6H2,(H,14,17). The zero-order valence-electron chi connectivity index (χ0n) is 9.42. The van der Waals surface area contributed by atoms with Gasteiger partial charge in [-0.1, -0.05) is 5.11 Å². The molecule has 1 amide bonds. The lowest BCUT2D eigenvalue weighted by atomic mass is 10.1. The Labute approximate surface area is 102 Å². The third-order valence-electron chi connectivity index (χ3n) is 2.44. The van der Waals surface area contributed by atoms with Gasteiger partial charge in [0.15, 0.2) is 12.4 Å². The molecule has 0 bridgehead atoms. The van der Waals surface area contributed by atoms with E-state index in [0.717, 1.165) is 0 Å². The molecule has 7 heteroatoms. The predicted octanol–water partition coefficient (Wildman–Crippen LogP) is 1.90. The highest BCUT2D eigenvalue weighted by molar-refractivity contribution is 6.00. The van der Waals surface area contributed by atoms with Crippen LogP contribution in [0.5, 0.6) is 5.75 Å². The average molecular weight is 246 g/mol. The van der Waals surface area contributed by atoms with E-state index in [4.69, 9.17) is 10.3 Å². The fourth-order valence-corrected chi connectivity index (χ4v) is 1.60. The summed E-state index contributed by atoms with van der Waals surface area (Å²) in [7, 11) is 0. The lowest BCUT2D eigenvalue weighted by Gasteiger charge is -2.18. The predicted molar refractivity (Wildman–Crippen MR) is 63.5 cm³/mol. The van der Waals surface area contributed by atoms with Gasteiger partial charge < -0.3 is 10.1 Å². The number of Topliss-reactive ketones (excluding diaryl/α,β-unsaturated/α-hetero) is 1. The van der Waals surface area contributed by atoms with Gasteiger partial charge in [0.2, 0.25) is 0 Å². The maximum Gasteiger partial charge on any atom is 0.262 e. The zero-order valence-corrected chi connectivity index (χ0v) is 9.42. The van der Waals surface area contributed by atoms with E-state index in [1.165, 1.54) is 0 Å². The molecular formula is C11H10N4O3. The van der Waals surface area contributed by atoms with E-state index in [1.54, 1.807) is 18.2 Å². The van der Waals surface area contributed by atoms with Crippen LogP contribution in [0.2, 0.25) is 0 Å². The first kappa shape index (κ1) is 11.9. The lowest BCUT2D eigenvalue weighted by molar-refractivity contribution is -0.118. The number of azide groups is 1. The molecule has 1 heterocycles. The van der Waals surface area contributed by atoms with Crippen molar-refractivity contribution >= 4 is 17.4 Å². The molecule has 0 atom stereocenters. The van der Waals surface area contributed by atoms with Crippen LogP contribution in [0.25, 0.3) is 10.4 Å². The molecule has 1 aliphatic heterocycles. The number of carbonyl (C=O) groups excluding carboxylic acids is 2. The first-order chi connectivity index (χ1) is 8.70. The molecule has 0 saturated carbocycles. The van der Waals surface area contributed by atoms with Gasteiger partial charge in [-0.15, -0.1) is 0 Å². The van der Waals surface area contributed by atoms with E-state index in [-0.39, 0.29) is 31.3 Å². The summed E-state index contributed by atoms with van der Waals surface area (Å²) in [5.41, 5.74) is 9.06. The fourth-order valence-electron chi connectivity index (χ4n) is 1.60. The van der Waals surface area contributed by atoms with Crippen LogP contribution in [0.1, 0.15) is 16.8 Å². The largest absolute Gasteiger partial charge is 0.482 e. The first-order valence-electron chi connectivity index (χ1n) is 5.31. The minimum atomic E-state index is -0.249. The second-order valence-electron chi connectivity index (χ2n) is 3.68. The number of hydrogen-bond acceptors (Lipinski definition) is 4. The molecule has 0 aromatic heterocycles. The molecule has 0 aliphatic carbocycles. The third kappa shape index (κ3) is 2.58. The van der Waals surface area contributed by atoms with Crippen molar-refractivity contribution in [2.45, 2.75) is 6.42 Å². The molecule has 0 spiro atoms. The van der Waals surface area contributed by atoms with Gasteiger partial charge in [0, 0.05) is 23.4 Å². The third-order valence-corrected chi connectivity index (χ3v) is 2.44. The number of ketones is 1. The van der Waals surface area contributed by atoms with Gasteiger partial charge in [-0.2, -0.15) is 0 Å².